The van der Waals surface area contributed by atoms with E-state index in [1.54, 1.807) is 36.4 Å². The SMILES string of the molecule is Cc1ccccc1C1NNC(C(=O)N[C@H](Cc2ccc(-c3cc(Cl)ccc3F)cc2)C[C@@H](N)C(=O)O)C1F. The summed E-state index contributed by atoms with van der Waals surface area (Å²) in [6.07, 6.45) is -1.38. The van der Waals surface area contributed by atoms with Gasteiger partial charge in [0.1, 0.15) is 24.1 Å². The summed E-state index contributed by atoms with van der Waals surface area (Å²) >= 11 is 6.00. The van der Waals surface area contributed by atoms with Gasteiger partial charge < -0.3 is 16.2 Å². The minimum atomic E-state index is -1.56. The van der Waals surface area contributed by atoms with E-state index >= 15 is 4.39 Å². The quantitative estimate of drug-likeness (QED) is 0.280. The second-order valence-electron chi connectivity index (χ2n) is 9.46. The van der Waals surface area contributed by atoms with Crippen LogP contribution in [0.1, 0.15) is 29.2 Å². The number of carbonyl (C=O) groups excluding carboxylic acids is 1. The highest BCUT2D eigenvalue weighted by atomic mass is 35.5. The summed E-state index contributed by atoms with van der Waals surface area (Å²) in [6.45, 7) is 1.87. The number of aliphatic carboxylic acids is 1. The largest absolute Gasteiger partial charge is 0.480 e. The number of hydrogen-bond donors (Lipinski definition) is 5. The highest BCUT2D eigenvalue weighted by Gasteiger charge is 2.42. The zero-order chi connectivity index (χ0) is 27.4. The second kappa shape index (κ2) is 12.0. The highest BCUT2D eigenvalue weighted by molar-refractivity contribution is 6.30. The van der Waals surface area contributed by atoms with E-state index in [4.69, 9.17) is 17.3 Å². The Morgan fingerprint density at radius 2 is 1.82 bits per heavy atom. The molecule has 10 heteroatoms. The fraction of sp³-hybridized carbons (Fsp3) is 0.286. The van der Waals surface area contributed by atoms with E-state index in [1.807, 2.05) is 19.1 Å². The van der Waals surface area contributed by atoms with Gasteiger partial charge in [-0.25, -0.2) is 19.6 Å². The van der Waals surface area contributed by atoms with Crippen LogP contribution in [0.4, 0.5) is 8.78 Å². The van der Waals surface area contributed by atoms with Gasteiger partial charge in [0.25, 0.3) is 0 Å². The molecule has 1 saturated heterocycles. The lowest BCUT2D eigenvalue weighted by Gasteiger charge is -2.23. The standard InChI is InChI=1S/C28H29ClF2N4O3/c1-15-4-2-3-5-20(15)25-24(31)26(35-34-25)27(36)33-19(14-23(32)28(37)38)12-16-6-8-17(9-7-16)21-13-18(29)10-11-22(21)30/h2-11,13,19,23-26,34-35H,12,14,32H2,1H3,(H,33,36)(H,37,38)/t19-,23-,24?,25?,26?/m1/s1. The third-order valence-electron chi connectivity index (χ3n) is 6.71. The molecule has 6 N–H and O–H groups in total. The van der Waals surface area contributed by atoms with Crippen molar-refractivity contribution >= 4 is 23.5 Å². The van der Waals surface area contributed by atoms with E-state index in [1.165, 1.54) is 18.2 Å². The molecule has 3 aromatic carbocycles. The van der Waals surface area contributed by atoms with Gasteiger partial charge in [-0.05, 0) is 60.2 Å². The number of halogens is 3. The van der Waals surface area contributed by atoms with Crippen molar-refractivity contribution < 1.29 is 23.5 Å². The monoisotopic (exact) mass is 542 g/mol. The predicted molar refractivity (Wildman–Crippen MR) is 142 cm³/mol. The van der Waals surface area contributed by atoms with Crippen molar-refractivity contribution in [3.05, 3.63) is 94.3 Å². The van der Waals surface area contributed by atoms with Gasteiger partial charge in [-0.2, -0.15) is 0 Å². The van der Waals surface area contributed by atoms with E-state index in [9.17, 15) is 19.1 Å². The molecule has 1 amide bonds. The van der Waals surface area contributed by atoms with Gasteiger partial charge in [0.15, 0.2) is 0 Å². The third kappa shape index (κ3) is 6.36. The van der Waals surface area contributed by atoms with Crippen LogP contribution in [-0.2, 0) is 16.0 Å². The summed E-state index contributed by atoms with van der Waals surface area (Å²) in [5, 5.41) is 12.5. The Kier molecular flexibility index (Phi) is 8.73. The molecule has 0 aliphatic carbocycles. The number of carbonyl (C=O) groups is 2. The summed E-state index contributed by atoms with van der Waals surface area (Å²) in [5.41, 5.74) is 14.7. The van der Waals surface area contributed by atoms with E-state index in [0.29, 0.717) is 16.1 Å². The lowest BCUT2D eigenvalue weighted by molar-refractivity contribution is -0.139. The van der Waals surface area contributed by atoms with Crippen LogP contribution in [-0.4, -0.2) is 41.3 Å². The molecule has 1 fully saturated rings. The van der Waals surface area contributed by atoms with Crippen molar-refractivity contribution in [2.24, 2.45) is 5.73 Å². The molecular formula is C28H29ClF2N4O3. The van der Waals surface area contributed by atoms with Crippen molar-refractivity contribution in [3.8, 4) is 11.1 Å². The van der Waals surface area contributed by atoms with Crippen molar-refractivity contribution in [1.82, 2.24) is 16.2 Å². The Morgan fingerprint density at radius 3 is 2.50 bits per heavy atom. The number of carboxylic acid groups (broad SMARTS) is 1. The summed E-state index contributed by atoms with van der Waals surface area (Å²) in [5.74, 6) is -2.23. The molecule has 0 radical (unpaired) electrons. The molecule has 0 saturated carbocycles. The van der Waals surface area contributed by atoms with Gasteiger partial charge in [-0.1, -0.05) is 60.1 Å². The molecule has 38 heavy (non-hydrogen) atoms. The molecule has 3 aromatic rings. The third-order valence-corrected chi connectivity index (χ3v) is 6.95. The second-order valence-corrected chi connectivity index (χ2v) is 9.89. The van der Waals surface area contributed by atoms with Crippen LogP contribution in [0.15, 0.2) is 66.7 Å². The van der Waals surface area contributed by atoms with E-state index in [2.05, 4.69) is 16.2 Å². The first-order chi connectivity index (χ1) is 18.1. The van der Waals surface area contributed by atoms with Crippen molar-refractivity contribution in [2.45, 2.75) is 50.1 Å². The lowest BCUT2D eigenvalue weighted by atomic mass is 9.95. The smallest absolute Gasteiger partial charge is 0.320 e. The number of hydrazine groups is 1. The van der Waals surface area contributed by atoms with Crippen LogP contribution in [0.2, 0.25) is 5.02 Å². The minimum absolute atomic E-state index is 0.0654. The fourth-order valence-corrected chi connectivity index (χ4v) is 4.81. The fourth-order valence-electron chi connectivity index (χ4n) is 4.64. The molecule has 1 aliphatic rings. The van der Waals surface area contributed by atoms with Crippen molar-refractivity contribution in [1.29, 1.82) is 0 Å². The molecule has 0 aromatic heterocycles. The topological polar surface area (TPSA) is 116 Å². The van der Waals surface area contributed by atoms with E-state index in [0.717, 1.165) is 16.7 Å². The number of rotatable bonds is 9. The van der Waals surface area contributed by atoms with Gasteiger partial charge in [-0.3, -0.25) is 9.59 Å². The van der Waals surface area contributed by atoms with Crippen molar-refractivity contribution in [3.63, 3.8) is 0 Å². The molecule has 4 rings (SSSR count). The van der Waals surface area contributed by atoms with Crippen molar-refractivity contribution in [2.75, 3.05) is 0 Å². The summed E-state index contributed by atoms with van der Waals surface area (Å²) in [7, 11) is 0. The van der Waals surface area contributed by atoms with Crippen LogP contribution in [0.25, 0.3) is 11.1 Å². The first-order valence-electron chi connectivity index (χ1n) is 12.2. The number of nitrogens with two attached hydrogens (primary N) is 1. The zero-order valence-corrected chi connectivity index (χ0v) is 21.4. The predicted octanol–water partition coefficient (Wildman–Crippen LogP) is 3.84. The molecule has 1 aliphatic heterocycles. The maximum absolute atomic E-state index is 15.4. The normalized spacial score (nSPS) is 20.6. The van der Waals surface area contributed by atoms with Crippen LogP contribution < -0.4 is 21.9 Å². The van der Waals surface area contributed by atoms with Gasteiger partial charge in [-0.15, -0.1) is 0 Å². The molecule has 200 valence electrons. The van der Waals surface area contributed by atoms with Crippen LogP contribution in [0, 0.1) is 12.7 Å². The lowest BCUT2D eigenvalue weighted by Crippen LogP contribution is -2.51. The molecule has 1 heterocycles. The van der Waals surface area contributed by atoms with Crippen LogP contribution >= 0.6 is 11.6 Å². The highest BCUT2D eigenvalue weighted by Crippen LogP contribution is 2.29. The number of carboxylic acids is 1. The molecule has 0 bridgehead atoms. The van der Waals surface area contributed by atoms with E-state index < -0.39 is 48.0 Å². The maximum atomic E-state index is 15.4. The van der Waals surface area contributed by atoms with Crippen LogP contribution in [0.5, 0.6) is 0 Å². The number of benzene rings is 3. The Labute approximate surface area is 224 Å². The zero-order valence-electron chi connectivity index (χ0n) is 20.6. The van der Waals surface area contributed by atoms with Gasteiger partial charge in [0.05, 0.1) is 6.04 Å². The average molecular weight is 543 g/mol. The molecule has 3 unspecified atom stereocenters. The molecular weight excluding hydrogens is 514 g/mol. The Bertz CT molecular complexity index is 1310. The van der Waals surface area contributed by atoms with Gasteiger partial charge in [0, 0.05) is 16.6 Å². The molecule has 7 nitrogen and oxygen atoms in total. The van der Waals surface area contributed by atoms with Gasteiger partial charge in [0.2, 0.25) is 5.91 Å². The average Bonchev–Trinajstić information content (AvgIpc) is 3.27. The summed E-state index contributed by atoms with van der Waals surface area (Å²) in [6, 6.07) is 14.7. The van der Waals surface area contributed by atoms with Crippen LogP contribution in [0.3, 0.4) is 0 Å². The molecule has 0 spiro atoms. The Morgan fingerprint density at radius 1 is 1.11 bits per heavy atom. The number of alkyl halides is 1. The number of nitrogens with one attached hydrogen (secondary N) is 3. The Balaban J connectivity index is 1.48. The minimum Gasteiger partial charge on any atom is -0.480 e. The summed E-state index contributed by atoms with van der Waals surface area (Å²) < 4.78 is 29.6. The molecule has 5 atom stereocenters. The van der Waals surface area contributed by atoms with E-state index in [-0.39, 0.29) is 12.8 Å². The Hall–Kier alpha value is -3.37. The van der Waals surface area contributed by atoms with Gasteiger partial charge >= 0.3 is 5.97 Å². The first-order valence-corrected chi connectivity index (χ1v) is 12.6. The maximum Gasteiger partial charge on any atom is 0.320 e. The summed E-state index contributed by atoms with van der Waals surface area (Å²) in [4.78, 5) is 24.5. The number of aryl methyl sites for hydroxylation is 1. The first kappa shape index (κ1) is 27.7. The number of hydrogen-bond acceptors (Lipinski definition) is 5. The number of amides is 1.